The number of aromatic hydroxyl groups is 1. The van der Waals surface area contributed by atoms with Crippen LogP contribution in [0.4, 0.5) is 0 Å². The van der Waals surface area contributed by atoms with Gasteiger partial charge in [-0.25, -0.2) is 9.36 Å². The van der Waals surface area contributed by atoms with E-state index >= 15 is 0 Å². The molecule has 142 valence electrons. The van der Waals surface area contributed by atoms with Gasteiger partial charge in [-0.2, -0.15) is 4.37 Å². The molecule has 0 amide bonds. The molecule has 0 radical (unpaired) electrons. The average molecular weight is 505 g/mol. The summed E-state index contributed by atoms with van der Waals surface area (Å²) in [6.45, 7) is 3.68. The summed E-state index contributed by atoms with van der Waals surface area (Å²) >= 11 is 3.40. The molecule has 0 aliphatic carbocycles. The van der Waals surface area contributed by atoms with Gasteiger partial charge in [0.1, 0.15) is 5.75 Å². The van der Waals surface area contributed by atoms with Gasteiger partial charge in [-0.05, 0) is 83.9 Å². The SMILES string of the molecule is Cc1cc(I)c(O)c(-c2nsc3ccc(-n4c(=O)cc(C)n(C)c4=O)cc23)c1. The Morgan fingerprint density at radius 1 is 1.11 bits per heavy atom. The lowest BCUT2D eigenvalue weighted by Gasteiger charge is -2.10. The summed E-state index contributed by atoms with van der Waals surface area (Å²) in [4.78, 5) is 25.1. The van der Waals surface area contributed by atoms with E-state index in [4.69, 9.17) is 0 Å². The predicted octanol–water partition coefficient (Wildman–Crippen LogP) is 3.74. The van der Waals surface area contributed by atoms with Crippen LogP contribution in [-0.4, -0.2) is 18.6 Å². The number of halogens is 1. The van der Waals surface area contributed by atoms with Gasteiger partial charge in [0.25, 0.3) is 5.56 Å². The topological polar surface area (TPSA) is 77.1 Å². The molecule has 0 atom stereocenters. The van der Waals surface area contributed by atoms with Crippen molar-refractivity contribution in [3.63, 3.8) is 0 Å². The van der Waals surface area contributed by atoms with Crippen LogP contribution in [-0.2, 0) is 7.05 Å². The molecule has 28 heavy (non-hydrogen) atoms. The van der Waals surface area contributed by atoms with Crippen molar-refractivity contribution in [2.45, 2.75) is 13.8 Å². The van der Waals surface area contributed by atoms with Crippen LogP contribution < -0.4 is 11.2 Å². The summed E-state index contributed by atoms with van der Waals surface area (Å²) in [6.07, 6.45) is 0. The van der Waals surface area contributed by atoms with Crippen LogP contribution in [0.1, 0.15) is 11.3 Å². The van der Waals surface area contributed by atoms with Crippen molar-refractivity contribution in [2.75, 3.05) is 0 Å². The summed E-state index contributed by atoms with van der Waals surface area (Å²) < 4.78 is 8.76. The number of hydrogen-bond donors (Lipinski definition) is 1. The van der Waals surface area contributed by atoms with Crippen molar-refractivity contribution >= 4 is 44.2 Å². The fourth-order valence-electron chi connectivity index (χ4n) is 3.15. The van der Waals surface area contributed by atoms with E-state index in [1.54, 1.807) is 26.1 Å². The third kappa shape index (κ3) is 2.96. The van der Waals surface area contributed by atoms with Gasteiger partial charge in [-0.1, -0.05) is 0 Å². The molecule has 0 saturated carbocycles. The fourth-order valence-corrected chi connectivity index (χ4v) is 4.70. The van der Waals surface area contributed by atoms with Crippen LogP contribution in [0.5, 0.6) is 5.75 Å². The largest absolute Gasteiger partial charge is 0.506 e. The van der Waals surface area contributed by atoms with Gasteiger partial charge in [-0.3, -0.25) is 4.79 Å². The first-order valence-electron chi connectivity index (χ1n) is 8.47. The van der Waals surface area contributed by atoms with Gasteiger partial charge in [0.05, 0.1) is 19.7 Å². The van der Waals surface area contributed by atoms with Crippen LogP contribution in [0.3, 0.4) is 0 Å². The van der Waals surface area contributed by atoms with E-state index in [-0.39, 0.29) is 11.3 Å². The van der Waals surface area contributed by atoms with Gasteiger partial charge in [-0.15, -0.1) is 0 Å². The van der Waals surface area contributed by atoms with Crippen molar-refractivity contribution in [1.82, 2.24) is 13.5 Å². The van der Waals surface area contributed by atoms with E-state index in [0.29, 0.717) is 22.6 Å². The van der Waals surface area contributed by atoms with Crippen molar-refractivity contribution in [1.29, 1.82) is 0 Å². The number of phenolic OH excluding ortho intramolecular Hbond substituents is 1. The van der Waals surface area contributed by atoms with Gasteiger partial charge in [0.15, 0.2) is 0 Å². The molecule has 4 aromatic rings. The van der Waals surface area contributed by atoms with E-state index < -0.39 is 5.69 Å². The quantitative estimate of drug-likeness (QED) is 0.422. The maximum atomic E-state index is 12.7. The molecule has 0 aliphatic heterocycles. The highest BCUT2D eigenvalue weighted by molar-refractivity contribution is 14.1. The summed E-state index contributed by atoms with van der Waals surface area (Å²) in [5.74, 6) is 0.173. The maximum absolute atomic E-state index is 12.7. The van der Waals surface area contributed by atoms with Crippen molar-refractivity contribution < 1.29 is 5.11 Å². The maximum Gasteiger partial charge on any atom is 0.335 e. The first-order valence-corrected chi connectivity index (χ1v) is 10.3. The van der Waals surface area contributed by atoms with Gasteiger partial charge < -0.3 is 9.67 Å². The number of nitrogens with zero attached hydrogens (tertiary/aromatic N) is 3. The van der Waals surface area contributed by atoms with Crippen molar-refractivity contribution in [3.8, 4) is 22.7 Å². The molecule has 0 spiro atoms. The third-order valence-electron chi connectivity index (χ3n) is 4.73. The zero-order valence-electron chi connectivity index (χ0n) is 15.4. The van der Waals surface area contributed by atoms with Crippen LogP contribution in [0.25, 0.3) is 27.0 Å². The number of aryl methyl sites for hydroxylation is 2. The summed E-state index contributed by atoms with van der Waals surface area (Å²) in [7, 11) is 1.64. The number of fused-ring (bicyclic) bond motifs is 1. The molecule has 0 bridgehead atoms. The second-order valence-electron chi connectivity index (χ2n) is 6.66. The molecule has 0 fully saturated rings. The Labute approximate surface area is 178 Å². The average Bonchev–Trinajstić information content (AvgIpc) is 3.06. The number of aromatic nitrogens is 3. The molecule has 2 aromatic heterocycles. The molecule has 8 heteroatoms. The van der Waals surface area contributed by atoms with Crippen LogP contribution in [0.15, 0.2) is 46.0 Å². The minimum atomic E-state index is -0.401. The Bertz CT molecular complexity index is 1370. The normalized spacial score (nSPS) is 11.3. The molecule has 4 rings (SSSR count). The lowest BCUT2D eigenvalue weighted by atomic mass is 10.0. The monoisotopic (exact) mass is 505 g/mol. The number of rotatable bonds is 2. The lowest BCUT2D eigenvalue weighted by Crippen LogP contribution is -2.38. The highest BCUT2D eigenvalue weighted by Gasteiger charge is 2.17. The zero-order valence-corrected chi connectivity index (χ0v) is 18.3. The van der Waals surface area contributed by atoms with Crippen LogP contribution in [0.2, 0.25) is 0 Å². The van der Waals surface area contributed by atoms with Gasteiger partial charge >= 0.3 is 5.69 Å². The van der Waals surface area contributed by atoms with Crippen LogP contribution in [0, 0.1) is 17.4 Å². The molecule has 6 nitrogen and oxygen atoms in total. The minimum absolute atomic E-state index is 0.173. The lowest BCUT2D eigenvalue weighted by molar-refractivity contribution is 0.473. The van der Waals surface area contributed by atoms with Gasteiger partial charge in [0, 0.05) is 29.8 Å². The molecule has 2 heterocycles. The van der Waals surface area contributed by atoms with E-state index in [0.717, 1.165) is 23.8 Å². The summed E-state index contributed by atoms with van der Waals surface area (Å²) in [5.41, 5.74) is 2.58. The molecular formula is C20H16IN3O3S. The second kappa shape index (κ2) is 6.85. The molecule has 1 N–H and O–H groups in total. The highest BCUT2D eigenvalue weighted by Crippen LogP contribution is 2.39. The van der Waals surface area contributed by atoms with Gasteiger partial charge in [0.2, 0.25) is 0 Å². The van der Waals surface area contributed by atoms with Crippen molar-refractivity contribution in [3.05, 3.63) is 72.1 Å². The van der Waals surface area contributed by atoms with Crippen LogP contribution >= 0.6 is 34.1 Å². The zero-order chi connectivity index (χ0) is 20.2. The van der Waals surface area contributed by atoms with E-state index in [1.165, 1.54) is 22.2 Å². The first kappa shape index (κ1) is 18.9. The Balaban J connectivity index is 2.01. The number of phenols is 1. The summed E-state index contributed by atoms with van der Waals surface area (Å²) in [5, 5.41) is 11.3. The Morgan fingerprint density at radius 2 is 1.86 bits per heavy atom. The molecule has 0 saturated heterocycles. The van der Waals surface area contributed by atoms with E-state index in [2.05, 4.69) is 27.0 Å². The molecular weight excluding hydrogens is 489 g/mol. The second-order valence-corrected chi connectivity index (χ2v) is 8.62. The molecule has 0 aliphatic rings. The number of hydrogen-bond acceptors (Lipinski definition) is 5. The van der Waals surface area contributed by atoms with Crippen molar-refractivity contribution in [2.24, 2.45) is 7.05 Å². The molecule has 0 unspecified atom stereocenters. The molecule has 2 aromatic carbocycles. The number of benzene rings is 2. The predicted molar refractivity (Wildman–Crippen MR) is 120 cm³/mol. The summed E-state index contributed by atoms with van der Waals surface area (Å²) in [6, 6.07) is 10.6. The minimum Gasteiger partial charge on any atom is -0.506 e. The Kier molecular flexibility index (Phi) is 4.62. The van der Waals surface area contributed by atoms with E-state index in [1.807, 2.05) is 25.1 Å². The Hall–Kier alpha value is -2.46. The fraction of sp³-hybridized carbons (Fsp3) is 0.150. The highest BCUT2D eigenvalue weighted by atomic mass is 127. The first-order chi connectivity index (χ1) is 13.3. The third-order valence-corrected chi connectivity index (χ3v) is 6.38. The smallest absolute Gasteiger partial charge is 0.335 e. The Morgan fingerprint density at radius 3 is 2.61 bits per heavy atom. The van der Waals surface area contributed by atoms with E-state index in [9.17, 15) is 14.7 Å². The standard InChI is InChI=1S/C20H16IN3O3S/c1-10-6-14(19(26)15(21)7-10)18-13-9-12(4-5-16(13)28-22-18)24-17(25)8-11(2)23(3)20(24)27/h4-9,26H,1-3H3.